The molecule has 0 bridgehead atoms. The van der Waals surface area contributed by atoms with Crippen molar-refractivity contribution < 1.29 is 4.79 Å². The normalized spacial score (nSPS) is 15.3. The maximum absolute atomic E-state index is 11.6. The summed E-state index contributed by atoms with van der Waals surface area (Å²) in [5, 5.41) is 21.0. The Kier molecular flexibility index (Phi) is 6.39. The van der Waals surface area contributed by atoms with Gasteiger partial charge >= 0.3 is 0 Å². The fourth-order valence-corrected chi connectivity index (χ4v) is 4.26. The molecule has 0 saturated carbocycles. The summed E-state index contributed by atoms with van der Waals surface area (Å²) in [4.78, 5) is 18.2. The van der Waals surface area contributed by atoms with Crippen molar-refractivity contribution in [2.75, 3.05) is 18.4 Å². The van der Waals surface area contributed by atoms with Gasteiger partial charge in [-0.05, 0) is 44.4 Å². The van der Waals surface area contributed by atoms with E-state index in [1.807, 2.05) is 40.2 Å². The average Bonchev–Trinajstić information content (AvgIpc) is 3.30. The van der Waals surface area contributed by atoms with Crippen molar-refractivity contribution in [1.29, 1.82) is 5.41 Å². The number of nitrogens with zero attached hydrogens (tertiary/aromatic N) is 5. The third-order valence-electron chi connectivity index (χ3n) is 6.04. The van der Waals surface area contributed by atoms with Gasteiger partial charge in [-0.1, -0.05) is 11.3 Å². The number of rotatable bonds is 6. The Labute approximate surface area is 193 Å². The van der Waals surface area contributed by atoms with Crippen molar-refractivity contribution in [3.63, 3.8) is 0 Å². The SMILES string of the molecule is CC(=O)N1CCC(n2cc(-c3cnc4ccc(/C(C=N)=C/N)cc4c3NC(C)C)nn2)CC1. The Hall–Kier alpha value is -3.75. The van der Waals surface area contributed by atoms with Crippen molar-refractivity contribution in [3.05, 3.63) is 42.4 Å². The molecule has 0 atom stereocenters. The summed E-state index contributed by atoms with van der Waals surface area (Å²) >= 11 is 0. The zero-order chi connectivity index (χ0) is 23.5. The smallest absolute Gasteiger partial charge is 0.219 e. The van der Waals surface area contributed by atoms with Crippen LogP contribution >= 0.6 is 0 Å². The summed E-state index contributed by atoms with van der Waals surface area (Å²) in [5.74, 6) is 0.120. The molecule has 1 aromatic carbocycles. The first-order valence-electron chi connectivity index (χ1n) is 11.2. The minimum absolute atomic E-state index is 0.120. The Morgan fingerprint density at radius 3 is 2.70 bits per heavy atom. The van der Waals surface area contributed by atoms with E-state index in [1.165, 1.54) is 12.4 Å². The number of nitrogens with one attached hydrogen (secondary N) is 2. The lowest BCUT2D eigenvalue weighted by molar-refractivity contribution is -0.130. The van der Waals surface area contributed by atoms with Crippen molar-refractivity contribution in [2.45, 2.75) is 45.7 Å². The summed E-state index contributed by atoms with van der Waals surface area (Å²) in [7, 11) is 0. The van der Waals surface area contributed by atoms with E-state index in [2.05, 4.69) is 34.5 Å². The number of fused-ring (bicyclic) bond motifs is 1. The minimum Gasteiger partial charge on any atom is -0.404 e. The van der Waals surface area contributed by atoms with Gasteiger partial charge in [0.25, 0.3) is 0 Å². The van der Waals surface area contributed by atoms with Crippen LogP contribution in [-0.2, 0) is 4.79 Å². The molecule has 0 unspecified atom stereocenters. The number of likely N-dealkylation sites (tertiary alicyclic amines) is 1. The molecule has 1 aliphatic heterocycles. The van der Waals surface area contributed by atoms with E-state index < -0.39 is 0 Å². The third-order valence-corrected chi connectivity index (χ3v) is 6.04. The molecule has 0 radical (unpaired) electrons. The Bertz CT molecular complexity index is 1200. The first-order valence-corrected chi connectivity index (χ1v) is 11.2. The monoisotopic (exact) mass is 446 g/mol. The van der Waals surface area contributed by atoms with Crippen LogP contribution in [-0.4, -0.2) is 56.1 Å². The van der Waals surface area contributed by atoms with Gasteiger partial charge in [-0.25, -0.2) is 4.68 Å². The number of amides is 1. The van der Waals surface area contributed by atoms with Gasteiger partial charge in [-0.3, -0.25) is 9.78 Å². The van der Waals surface area contributed by atoms with Gasteiger partial charge in [0.05, 0.1) is 23.4 Å². The van der Waals surface area contributed by atoms with Gasteiger partial charge in [-0.15, -0.1) is 5.10 Å². The lowest BCUT2D eigenvalue weighted by Gasteiger charge is -2.31. The van der Waals surface area contributed by atoms with Gasteiger partial charge in [-0.2, -0.15) is 0 Å². The number of allylic oxidation sites excluding steroid dienone is 1. The van der Waals surface area contributed by atoms with Crippen LogP contribution in [0.1, 0.15) is 45.2 Å². The Morgan fingerprint density at radius 1 is 1.30 bits per heavy atom. The highest BCUT2D eigenvalue weighted by molar-refractivity contribution is 6.10. The topological polar surface area (TPSA) is 126 Å². The lowest BCUT2D eigenvalue weighted by Crippen LogP contribution is -2.37. The van der Waals surface area contributed by atoms with Gasteiger partial charge in [0.1, 0.15) is 5.69 Å². The van der Waals surface area contributed by atoms with Crippen LogP contribution in [0.2, 0.25) is 0 Å². The third kappa shape index (κ3) is 4.57. The summed E-state index contributed by atoms with van der Waals surface area (Å²) in [6.45, 7) is 7.26. The zero-order valence-electron chi connectivity index (χ0n) is 19.2. The van der Waals surface area contributed by atoms with Crippen molar-refractivity contribution in [1.82, 2.24) is 24.9 Å². The Balaban J connectivity index is 1.73. The predicted molar refractivity (Wildman–Crippen MR) is 131 cm³/mol. The molecule has 1 saturated heterocycles. The lowest BCUT2D eigenvalue weighted by atomic mass is 10.0. The van der Waals surface area contributed by atoms with Crippen LogP contribution in [0.25, 0.3) is 27.7 Å². The maximum atomic E-state index is 11.6. The second-order valence-corrected chi connectivity index (χ2v) is 8.67. The van der Waals surface area contributed by atoms with Crippen LogP contribution in [0.15, 0.2) is 36.8 Å². The average molecular weight is 447 g/mol. The number of benzene rings is 1. The number of pyridine rings is 1. The molecule has 9 nitrogen and oxygen atoms in total. The molecule has 3 heterocycles. The number of hydrogen-bond acceptors (Lipinski definition) is 7. The van der Waals surface area contributed by atoms with Gasteiger partial charge in [0, 0.05) is 61.2 Å². The van der Waals surface area contributed by atoms with E-state index in [9.17, 15) is 4.79 Å². The van der Waals surface area contributed by atoms with Crippen molar-refractivity contribution >= 4 is 34.3 Å². The molecular formula is C24H30N8O. The van der Waals surface area contributed by atoms with Crippen LogP contribution < -0.4 is 11.1 Å². The zero-order valence-corrected chi connectivity index (χ0v) is 19.2. The van der Waals surface area contributed by atoms with E-state index in [0.29, 0.717) is 5.57 Å². The van der Waals surface area contributed by atoms with Crippen LogP contribution in [0, 0.1) is 5.41 Å². The van der Waals surface area contributed by atoms with E-state index in [1.54, 1.807) is 6.92 Å². The highest BCUT2D eigenvalue weighted by atomic mass is 16.2. The number of carbonyl (C=O) groups excluding carboxylic acids is 1. The van der Waals surface area contributed by atoms with Crippen molar-refractivity contribution in [3.8, 4) is 11.3 Å². The van der Waals surface area contributed by atoms with E-state index in [0.717, 1.165) is 59.3 Å². The predicted octanol–water partition coefficient (Wildman–Crippen LogP) is 3.45. The standard InChI is InChI=1S/C24H30N8O/c1-15(2)28-24-20-10-17(18(11-25)12-26)4-5-22(20)27-13-21(24)23-14-32(30-29-23)19-6-8-31(9-7-19)16(3)33/h4-5,10-15,19,25H,6-9,26H2,1-3H3,(H,27,28)/b18-12+,25-11?. The summed E-state index contributed by atoms with van der Waals surface area (Å²) in [5.41, 5.74) is 10.6. The quantitative estimate of drug-likeness (QED) is 0.498. The minimum atomic E-state index is 0.120. The molecule has 2 aromatic heterocycles. The summed E-state index contributed by atoms with van der Waals surface area (Å²) in [6.07, 6.45) is 8.19. The highest BCUT2D eigenvalue weighted by Crippen LogP contribution is 2.35. The number of aromatic nitrogens is 4. The fourth-order valence-electron chi connectivity index (χ4n) is 4.26. The molecule has 4 N–H and O–H groups in total. The molecule has 1 fully saturated rings. The number of anilines is 1. The number of hydrogen-bond donors (Lipinski definition) is 3. The van der Waals surface area contributed by atoms with Crippen LogP contribution in [0.4, 0.5) is 5.69 Å². The highest BCUT2D eigenvalue weighted by Gasteiger charge is 2.24. The number of carbonyl (C=O) groups is 1. The number of piperidine rings is 1. The summed E-state index contributed by atoms with van der Waals surface area (Å²) < 4.78 is 1.91. The maximum Gasteiger partial charge on any atom is 0.219 e. The molecular weight excluding hydrogens is 416 g/mol. The fraction of sp³-hybridized carbons (Fsp3) is 0.375. The second kappa shape index (κ2) is 9.40. The molecule has 0 spiro atoms. The largest absolute Gasteiger partial charge is 0.404 e. The molecule has 33 heavy (non-hydrogen) atoms. The first kappa shape index (κ1) is 22.4. The van der Waals surface area contributed by atoms with E-state index in [-0.39, 0.29) is 18.0 Å². The number of nitrogens with two attached hydrogens (primary N) is 1. The molecule has 3 aromatic rings. The molecule has 1 aliphatic rings. The molecule has 9 heteroatoms. The van der Waals surface area contributed by atoms with Crippen molar-refractivity contribution in [2.24, 2.45) is 5.73 Å². The van der Waals surface area contributed by atoms with Gasteiger partial charge < -0.3 is 21.4 Å². The van der Waals surface area contributed by atoms with E-state index in [4.69, 9.17) is 11.1 Å². The Morgan fingerprint density at radius 2 is 2.06 bits per heavy atom. The molecule has 172 valence electrons. The molecule has 4 rings (SSSR count). The van der Waals surface area contributed by atoms with E-state index >= 15 is 0 Å². The molecule has 1 amide bonds. The van der Waals surface area contributed by atoms with Crippen LogP contribution in [0.5, 0.6) is 0 Å². The summed E-state index contributed by atoms with van der Waals surface area (Å²) in [6, 6.07) is 6.26. The first-order chi connectivity index (χ1) is 15.9. The van der Waals surface area contributed by atoms with Gasteiger partial charge in [0.15, 0.2) is 0 Å². The molecule has 0 aliphatic carbocycles. The van der Waals surface area contributed by atoms with Crippen LogP contribution in [0.3, 0.4) is 0 Å². The van der Waals surface area contributed by atoms with Gasteiger partial charge in [0.2, 0.25) is 5.91 Å². The second-order valence-electron chi connectivity index (χ2n) is 8.67.